The molecule has 1 unspecified atom stereocenters. The summed E-state index contributed by atoms with van der Waals surface area (Å²) in [5.41, 5.74) is 6.89. The average Bonchev–Trinajstić information content (AvgIpc) is 2.14. The van der Waals surface area contributed by atoms with E-state index in [-0.39, 0.29) is 0 Å². The van der Waals surface area contributed by atoms with Crippen molar-refractivity contribution in [3.8, 4) is 0 Å². The molecule has 0 heterocycles. The zero-order valence-electron chi connectivity index (χ0n) is 10.0. The second-order valence-electron chi connectivity index (χ2n) is 6.79. The summed E-state index contributed by atoms with van der Waals surface area (Å²) in [6, 6.07) is 0.473. The summed E-state index contributed by atoms with van der Waals surface area (Å²) < 4.78 is 0. The molecule has 1 nitrogen and oxygen atoms in total. The summed E-state index contributed by atoms with van der Waals surface area (Å²) in [5, 5.41) is 0. The molecule has 0 aromatic heterocycles. The van der Waals surface area contributed by atoms with Crippen LogP contribution in [0.2, 0.25) is 0 Å². The van der Waals surface area contributed by atoms with Crippen LogP contribution >= 0.6 is 0 Å². The minimum Gasteiger partial charge on any atom is -0.328 e. The normalized spacial score (nSPS) is 49.6. The zero-order valence-corrected chi connectivity index (χ0v) is 10.0. The molecule has 4 saturated carbocycles. The summed E-state index contributed by atoms with van der Waals surface area (Å²) in [5.74, 6) is 3.25. The van der Waals surface area contributed by atoms with Crippen LogP contribution in [0.4, 0.5) is 0 Å². The molecule has 4 rings (SSSR count). The van der Waals surface area contributed by atoms with Gasteiger partial charge in [-0.15, -0.1) is 0 Å². The van der Waals surface area contributed by atoms with Crippen LogP contribution in [-0.4, -0.2) is 6.04 Å². The third kappa shape index (κ3) is 1.73. The molecule has 4 aliphatic rings. The van der Waals surface area contributed by atoms with Crippen molar-refractivity contribution < 1.29 is 0 Å². The van der Waals surface area contributed by atoms with E-state index < -0.39 is 0 Å². The molecule has 1 heteroatoms. The maximum atomic E-state index is 6.19. The van der Waals surface area contributed by atoms with E-state index in [4.69, 9.17) is 5.73 Å². The molecule has 1 atom stereocenters. The lowest BCUT2D eigenvalue weighted by molar-refractivity contribution is -0.0604. The van der Waals surface area contributed by atoms with Crippen LogP contribution < -0.4 is 5.73 Å². The average molecular weight is 207 g/mol. The maximum absolute atomic E-state index is 6.19. The van der Waals surface area contributed by atoms with Gasteiger partial charge in [-0.25, -0.2) is 0 Å². The number of nitrogens with two attached hydrogens (primary N) is 1. The monoisotopic (exact) mass is 207 g/mol. The first kappa shape index (κ1) is 10.1. The fraction of sp³-hybridized carbons (Fsp3) is 1.00. The van der Waals surface area contributed by atoms with Crippen molar-refractivity contribution in [2.75, 3.05) is 0 Å². The van der Waals surface area contributed by atoms with Crippen LogP contribution in [0.3, 0.4) is 0 Å². The standard InChI is InChI=1S/C14H25N/c1-2-13(15)9-14-6-10-3-11(7-14)5-12(4-10)8-14/h10-13H,2-9,15H2,1H3. The van der Waals surface area contributed by atoms with Gasteiger partial charge < -0.3 is 5.73 Å². The molecule has 4 fully saturated rings. The lowest BCUT2D eigenvalue weighted by atomic mass is 9.48. The van der Waals surface area contributed by atoms with Crippen LogP contribution in [0.5, 0.6) is 0 Å². The van der Waals surface area contributed by atoms with Crippen LogP contribution in [0.15, 0.2) is 0 Å². The first-order chi connectivity index (χ1) is 7.19. The molecule has 0 amide bonds. The number of hydrogen-bond acceptors (Lipinski definition) is 1. The summed E-state index contributed by atoms with van der Waals surface area (Å²) in [4.78, 5) is 0. The van der Waals surface area contributed by atoms with E-state index in [0.29, 0.717) is 11.5 Å². The van der Waals surface area contributed by atoms with E-state index in [1.54, 1.807) is 19.3 Å². The Kier molecular flexibility index (Phi) is 2.35. The Hall–Kier alpha value is -0.0400. The van der Waals surface area contributed by atoms with E-state index in [2.05, 4.69) is 6.92 Å². The van der Waals surface area contributed by atoms with Gasteiger partial charge in [0.15, 0.2) is 0 Å². The molecule has 0 saturated heterocycles. The molecule has 0 aliphatic heterocycles. The molecular weight excluding hydrogens is 182 g/mol. The fourth-order valence-electron chi connectivity index (χ4n) is 5.24. The van der Waals surface area contributed by atoms with Gasteiger partial charge in [-0.3, -0.25) is 0 Å². The van der Waals surface area contributed by atoms with E-state index in [1.165, 1.54) is 32.1 Å². The molecule has 86 valence electrons. The fourth-order valence-corrected chi connectivity index (χ4v) is 5.24. The van der Waals surface area contributed by atoms with Gasteiger partial charge in [0.25, 0.3) is 0 Å². The summed E-state index contributed by atoms with van der Waals surface area (Å²) in [6.45, 7) is 2.24. The molecule has 4 aliphatic carbocycles. The van der Waals surface area contributed by atoms with Crippen LogP contribution in [0, 0.1) is 23.2 Å². The molecule has 2 N–H and O–H groups in total. The third-order valence-corrected chi connectivity index (χ3v) is 5.38. The van der Waals surface area contributed by atoms with E-state index >= 15 is 0 Å². The second kappa shape index (κ2) is 3.48. The zero-order chi connectivity index (χ0) is 10.5. The van der Waals surface area contributed by atoms with Crippen molar-refractivity contribution in [1.82, 2.24) is 0 Å². The second-order valence-corrected chi connectivity index (χ2v) is 6.79. The molecule has 0 radical (unpaired) electrons. The van der Waals surface area contributed by atoms with Gasteiger partial charge in [0.1, 0.15) is 0 Å². The van der Waals surface area contributed by atoms with Gasteiger partial charge in [-0.05, 0) is 74.5 Å². The molecule has 4 bridgehead atoms. The van der Waals surface area contributed by atoms with Gasteiger partial charge in [-0.2, -0.15) is 0 Å². The topological polar surface area (TPSA) is 26.0 Å². The summed E-state index contributed by atoms with van der Waals surface area (Å²) in [7, 11) is 0. The predicted octanol–water partition coefficient (Wildman–Crippen LogP) is 3.33. The minimum absolute atomic E-state index is 0.473. The van der Waals surface area contributed by atoms with Crippen LogP contribution in [0.25, 0.3) is 0 Å². The Morgan fingerprint density at radius 1 is 1.07 bits per heavy atom. The van der Waals surface area contributed by atoms with Crippen molar-refractivity contribution in [3.05, 3.63) is 0 Å². The van der Waals surface area contributed by atoms with Crippen molar-refractivity contribution in [2.45, 2.75) is 64.3 Å². The number of hydrogen-bond donors (Lipinski definition) is 1. The quantitative estimate of drug-likeness (QED) is 0.754. The Morgan fingerprint density at radius 2 is 1.53 bits per heavy atom. The largest absolute Gasteiger partial charge is 0.328 e. The van der Waals surface area contributed by atoms with Gasteiger partial charge in [0.2, 0.25) is 0 Å². The molecule has 0 spiro atoms. The third-order valence-electron chi connectivity index (χ3n) is 5.38. The Morgan fingerprint density at radius 3 is 1.93 bits per heavy atom. The van der Waals surface area contributed by atoms with Crippen molar-refractivity contribution >= 4 is 0 Å². The van der Waals surface area contributed by atoms with Crippen molar-refractivity contribution in [1.29, 1.82) is 0 Å². The Labute approximate surface area is 93.8 Å². The molecule has 15 heavy (non-hydrogen) atoms. The van der Waals surface area contributed by atoms with Gasteiger partial charge in [0, 0.05) is 6.04 Å². The lowest BCUT2D eigenvalue weighted by Gasteiger charge is -2.57. The Bertz CT molecular complexity index is 210. The van der Waals surface area contributed by atoms with Crippen LogP contribution in [-0.2, 0) is 0 Å². The van der Waals surface area contributed by atoms with Crippen molar-refractivity contribution in [3.63, 3.8) is 0 Å². The minimum atomic E-state index is 0.473. The number of rotatable bonds is 3. The van der Waals surface area contributed by atoms with E-state index in [1.807, 2.05) is 0 Å². The van der Waals surface area contributed by atoms with E-state index in [9.17, 15) is 0 Å². The first-order valence-corrected chi connectivity index (χ1v) is 6.95. The summed E-state index contributed by atoms with van der Waals surface area (Å²) in [6.07, 6.45) is 11.7. The highest BCUT2D eigenvalue weighted by Gasteiger charge is 2.50. The SMILES string of the molecule is CCC(N)CC12CC3CC(CC(C3)C1)C2. The molecule has 0 aromatic carbocycles. The van der Waals surface area contributed by atoms with Crippen LogP contribution in [0.1, 0.15) is 58.3 Å². The Balaban J connectivity index is 1.75. The smallest absolute Gasteiger partial charge is 0.00414 e. The van der Waals surface area contributed by atoms with E-state index in [0.717, 1.165) is 17.8 Å². The van der Waals surface area contributed by atoms with Gasteiger partial charge in [-0.1, -0.05) is 6.92 Å². The maximum Gasteiger partial charge on any atom is 0.00414 e. The van der Waals surface area contributed by atoms with Gasteiger partial charge in [0.05, 0.1) is 0 Å². The highest BCUT2D eigenvalue weighted by Crippen LogP contribution is 2.61. The highest BCUT2D eigenvalue weighted by atomic mass is 14.7. The first-order valence-electron chi connectivity index (χ1n) is 6.95. The van der Waals surface area contributed by atoms with Crippen molar-refractivity contribution in [2.24, 2.45) is 28.9 Å². The van der Waals surface area contributed by atoms with Gasteiger partial charge >= 0.3 is 0 Å². The highest BCUT2D eigenvalue weighted by molar-refractivity contribution is 5.02. The lowest BCUT2D eigenvalue weighted by Crippen LogP contribution is -2.48. The summed E-state index contributed by atoms with van der Waals surface area (Å²) >= 11 is 0. The predicted molar refractivity (Wildman–Crippen MR) is 63.5 cm³/mol. The molecule has 0 aromatic rings. The molecular formula is C14H25N.